The highest BCUT2D eigenvalue weighted by Crippen LogP contribution is 2.13. The summed E-state index contributed by atoms with van der Waals surface area (Å²) in [5.74, 6) is 0.879. The normalized spacial score (nSPS) is 10.0. The fourth-order valence-corrected chi connectivity index (χ4v) is 0.960. The van der Waals surface area contributed by atoms with Gasteiger partial charge < -0.3 is 4.74 Å². The van der Waals surface area contributed by atoms with Crippen molar-refractivity contribution in [3.8, 4) is 5.75 Å². The van der Waals surface area contributed by atoms with E-state index in [1.54, 1.807) is 13.5 Å². The zero-order valence-electron chi connectivity index (χ0n) is 7.73. The minimum absolute atomic E-state index is 0.879. The molecule has 5 radical (unpaired) electrons. The molecule has 0 aliphatic heterocycles. The smallest absolute Gasteiger partial charge is 0.118 e. The van der Waals surface area contributed by atoms with Crippen LogP contribution in [0.25, 0.3) is 0 Å². The predicted octanol–water partition coefficient (Wildman–Crippen LogP) is 2.69. The lowest BCUT2D eigenvalue weighted by Crippen LogP contribution is -1.86. The van der Waals surface area contributed by atoms with Crippen LogP contribution in [0.3, 0.4) is 0 Å². The SMILES string of the molecule is [CH2][CH][CH][CH][CH]c1ccc(OC)cc1. The van der Waals surface area contributed by atoms with Crippen molar-refractivity contribution in [1.29, 1.82) is 0 Å². The van der Waals surface area contributed by atoms with E-state index in [2.05, 4.69) is 6.92 Å². The van der Waals surface area contributed by atoms with Gasteiger partial charge in [0.2, 0.25) is 0 Å². The Morgan fingerprint density at radius 2 is 1.85 bits per heavy atom. The Kier molecular flexibility index (Phi) is 4.37. The Bertz CT molecular complexity index is 225. The van der Waals surface area contributed by atoms with Crippen molar-refractivity contribution in [2.45, 2.75) is 0 Å². The Balaban J connectivity index is 2.40. The molecular weight excluding hydrogens is 160 g/mol. The molecular formula is C12H13O. The second-order valence-electron chi connectivity index (χ2n) is 2.56. The number of methoxy groups -OCH3 is 1. The fraction of sp³-hybridized carbons (Fsp3) is 0.0833. The van der Waals surface area contributed by atoms with Crippen molar-refractivity contribution < 1.29 is 4.74 Å². The number of hydrogen-bond acceptors (Lipinski definition) is 1. The molecule has 0 N–H and O–H groups in total. The first kappa shape index (κ1) is 10.1. The van der Waals surface area contributed by atoms with Crippen molar-refractivity contribution in [3.05, 3.63) is 62.4 Å². The summed E-state index contributed by atoms with van der Waals surface area (Å²) in [6, 6.07) is 7.89. The summed E-state index contributed by atoms with van der Waals surface area (Å²) >= 11 is 0. The molecule has 1 heteroatoms. The second-order valence-corrected chi connectivity index (χ2v) is 2.56. The average Bonchev–Trinajstić information content (AvgIpc) is 2.19. The molecule has 0 saturated heterocycles. The first-order valence-corrected chi connectivity index (χ1v) is 4.13. The summed E-state index contributed by atoms with van der Waals surface area (Å²) in [5.41, 5.74) is 1.15. The van der Waals surface area contributed by atoms with Gasteiger partial charge in [-0.15, -0.1) is 0 Å². The first-order chi connectivity index (χ1) is 6.36. The van der Waals surface area contributed by atoms with Gasteiger partial charge in [0.05, 0.1) is 7.11 Å². The summed E-state index contributed by atoms with van der Waals surface area (Å²) in [4.78, 5) is 0. The van der Waals surface area contributed by atoms with E-state index >= 15 is 0 Å². The number of hydrogen-bond donors (Lipinski definition) is 0. The molecule has 0 aliphatic rings. The van der Waals surface area contributed by atoms with Gasteiger partial charge in [-0.25, -0.2) is 0 Å². The molecule has 0 atom stereocenters. The summed E-state index contributed by atoms with van der Waals surface area (Å²) in [6.45, 7) is 3.59. The van der Waals surface area contributed by atoms with Crippen LogP contribution in [0, 0.1) is 32.6 Å². The molecule has 0 aliphatic carbocycles. The van der Waals surface area contributed by atoms with Crippen molar-refractivity contribution in [2.24, 2.45) is 0 Å². The summed E-state index contributed by atoms with van der Waals surface area (Å²) in [7, 11) is 1.66. The third kappa shape index (κ3) is 3.49. The molecule has 1 aromatic rings. The molecule has 1 rings (SSSR count). The largest absolute Gasteiger partial charge is 0.497 e. The standard InChI is InChI=1S/C12H13O/c1-3-4-5-6-11-7-9-12(13-2)10-8-11/h3-10H,1H2,2H3. The van der Waals surface area contributed by atoms with Gasteiger partial charge in [0.15, 0.2) is 0 Å². The molecule has 0 amide bonds. The van der Waals surface area contributed by atoms with Crippen molar-refractivity contribution in [3.63, 3.8) is 0 Å². The Hall–Kier alpha value is -0.980. The quantitative estimate of drug-likeness (QED) is 0.622. The maximum absolute atomic E-state index is 5.05. The van der Waals surface area contributed by atoms with Crippen LogP contribution >= 0.6 is 0 Å². The highest BCUT2D eigenvalue weighted by Gasteiger charge is 1.94. The van der Waals surface area contributed by atoms with Crippen LogP contribution in [-0.4, -0.2) is 7.11 Å². The zero-order chi connectivity index (χ0) is 9.52. The summed E-state index contributed by atoms with van der Waals surface area (Å²) in [6.07, 6.45) is 7.61. The third-order valence-electron chi connectivity index (χ3n) is 1.65. The van der Waals surface area contributed by atoms with Gasteiger partial charge in [-0.05, 0) is 50.3 Å². The van der Waals surface area contributed by atoms with Gasteiger partial charge in [-0.1, -0.05) is 12.1 Å². The molecule has 1 aromatic carbocycles. The third-order valence-corrected chi connectivity index (χ3v) is 1.65. The van der Waals surface area contributed by atoms with E-state index in [1.807, 2.05) is 43.5 Å². The van der Waals surface area contributed by atoms with Crippen molar-refractivity contribution in [1.82, 2.24) is 0 Å². The van der Waals surface area contributed by atoms with E-state index in [1.165, 1.54) is 0 Å². The fourth-order valence-electron chi connectivity index (χ4n) is 0.960. The molecule has 0 spiro atoms. The van der Waals surface area contributed by atoms with Gasteiger partial charge >= 0.3 is 0 Å². The van der Waals surface area contributed by atoms with Crippen LogP contribution in [0.1, 0.15) is 5.56 Å². The van der Waals surface area contributed by atoms with E-state index in [9.17, 15) is 0 Å². The van der Waals surface area contributed by atoms with Gasteiger partial charge in [-0.3, -0.25) is 0 Å². The minimum atomic E-state index is 0.879. The monoisotopic (exact) mass is 173 g/mol. The van der Waals surface area contributed by atoms with E-state index in [0.717, 1.165) is 11.3 Å². The second kappa shape index (κ2) is 5.63. The van der Waals surface area contributed by atoms with Crippen molar-refractivity contribution >= 4 is 0 Å². The molecule has 0 heterocycles. The van der Waals surface area contributed by atoms with Gasteiger partial charge in [0.25, 0.3) is 0 Å². The highest BCUT2D eigenvalue weighted by molar-refractivity contribution is 5.34. The molecule has 0 bridgehead atoms. The maximum Gasteiger partial charge on any atom is 0.118 e. The lowest BCUT2D eigenvalue weighted by molar-refractivity contribution is 0.414. The van der Waals surface area contributed by atoms with Crippen LogP contribution in [0.4, 0.5) is 0 Å². The summed E-state index contributed by atoms with van der Waals surface area (Å²) in [5, 5.41) is 0. The predicted molar refractivity (Wildman–Crippen MR) is 54.7 cm³/mol. The Morgan fingerprint density at radius 1 is 1.15 bits per heavy atom. The average molecular weight is 173 g/mol. The first-order valence-electron chi connectivity index (χ1n) is 4.13. The molecule has 0 fully saturated rings. The topological polar surface area (TPSA) is 9.23 Å². The lowest BCUT2D eigenvalue weighted by atomic mass is 10.1. The van der Waals surface area contributed by atoms with E-state index in [-0.39, 0.29) is 0 Å². The van der Waals surface area contributed by atoms with Crippen LogP contribution in [0.5, 0.6) is 5.75 Å². The van der Waals surface area contributed by atoms with Crippen LogP contribution < -0.4 is 4.74 Å². The van der Waals surface area contributed by atoms with Crippen LogP contribution in [-0.2, 0) is 0 Å². The maximum atomic E-state index is 5.05. The number of benzene rings is 1. The van der Waals surface area contributed by atoms with Crippen LogP contribution in [0.15, 0.2) is 24.3 Å². The molecule has 13 heavy (non-hydrogen) atoms. The molecule has 1 nitrogen and oxygen atoms in total. The lowest BCUT2D eigenvalue weighted by Gasteiger charge is -2.01. The number of ether oxygens (including phenoxy) is 1. The molecule has 0 unspecified atom stereocenters. The van der Waals surface area contributed by atoms with E-state index in [4.69, 9.17) is 4.74 Å². The summed E-state index contributed by atoms with van der Waals surface area (Å²) < 4.78 is 5.05. The van der Waals surface area contributed by atoms with Gasteiger partial charge in [0.1, 0.15) is 5.75 Å². The molecule has 0 saturated carbocycles. The minimum Gasteiger partial charge on any atom is -0.497 e. The van der Waals surface area contributed by atoms with E-state index in [0.29, 0.717) is 0 Å². The highest BCUT2D eigenvalue weighted by atomic mass is 16.5. The molecule has 67 valence electrons. The number of rotatable bonds is 5. The Morgan fingerprint density at radius 3 is 2.38 bits per heavy atom. The van der Waals surface area contributed by atoms with Gasteiger partial charge in [-0.2, -0.15) is 0 Å². The van der Waals surface area contributed by atoms with E-state index < -0.39 is 0 Å². The van der Waals surface area contributed by atoms with Gasteiger partial charge in [0, 0.05) is 0 Å². The van der Waals surface area contributed by atoms with Crippen LogP contribution in [0.2, 0.25) is 0 Å². The molecule has 0 aromatic heterocycles. The van der Waals surface area contributed by atoms with Crippen molar-refractivity contribution in [2.75, 3.05) is 7.11 Å². The number of unbranched alkanes of at least 4 members (excludes halogenated alkanes) is 2. The zero-order valence-corrected chi connectivity index (χ0v) is 7.73. The Labute approximate surface area is 80.7 Å².